The SMILES string of the molecule is CC(C)CC(=O)ON1C(=O)C=CC1O. The highest BCUT2D eigenvalue weighted by Crippen LogP contribution is 2.11. The summed E-state index contributed by atoms with van der Waals surface area (Å²) in [6.07, 6.45) is 1.48. The summed E-state index contributed by atoms with van der Waals surface area (Å²) in [6.45, 7) is 3.73. The molecular weight excluding hydrogens is 186 g/mol. The van der Waals surface area contributed by atoms with Gasteiger partial charge in [-0.2, -0.15) is 0 Å². The third kappa shape index (κ3) is 2.56. The van der Waals surface area contributed by atoms with Crippen molar-refractivity contribution in [3.8, 4) is 0 Å². The summed E-state index contributed by atoms with van der Waals surface area (Å²) in [5.41, 5.74) is 0. The Labute approximate surface area is 81.9 Å². The molecule has 5 nitrogen and oxygen atoms in total. The van der Waals surface area contributed by atoms with E-state index in [1.807, 2.05) is 13.8 Å². The maximum absolute atomic E-state index is 11.1. The number of carbonyl (C=O) groups is 2. The van der Waals surface area contributed by atoms with Crippen LogP contribution in [0.15, 0.2) is 12.2 Å². The van der Waals surface area contributed by atoms with Gasteiger partial charge in [0.05, 0.1) is 6.42 Å². The second-order valence-corrected chi connectivity index (χ2v) is 3.50. The van der Waals surface area contributed by atoms with Crippen molar-refractivity contribution >= 4 is 11.9 Å². The normalized spacial score (nSPS) is 20.7. The van der Waals surface area contributed by atoms with E-state index >= 15 is 0 Å². The number of amides is 1. The van der Waals surface area contributed by atoms with Crippen LogP contribution in [0.4, 0.5) is 0 Å². The summed E-state index contributed by atoms with van der Waals surface area (Å²) >= 11 is 0. The van der Waals surface area contributed by atoms with Crippen LogP contribution in [0.25, 0.3) is 0 Å². The van der Waals surface area contributed by atoms with Gasteiger partial charge in [-0.15, -0.1) is 5.06 Å². The Bertz CT molecular complexity index is 272. The average molecular weight is 199 g/mol. The molecular formula is C9H13NO4. The van der Waals surface area contributed by atoms with Crippen LogP contribution in [-0.2, 0) is 14.4 Å². The van der Waals surface area contributed by atoms with E-state index in [0.717, 1.165) is 6.08 Å². The standard InChI is InChI=1S/C9H13NO4/c1-6(2)5-9(13)14-10-7(11)3-4-8(10)12/h3-4,6-7,11H,5H2,1-2H3. The summed E-state index contributed by atoms with van der Waals surface area (Å²) in [6, 6.07) is 0. The van der Waals surface area contributed by atoms with E-state index in [2.05, 4.69) is 4.84 Å². The molecule has 0 aliphatic carbocycles. The molecule has 1 aliphatic heterocycles. The number of hydrogen-bond acceptors (Lipinski definition) is 4. The number of aliphatic hydroxyl groups is 1. The molecule has 14 heavy (non-hydrogen) atoms. The van der Waals surface area contributed by atoms with E-state index in [1.54, 1.807) is 0 Å². The molecule has 1 N–H and O–H groups in total. The van der Waals surface area contributed by atoms with E-state index < -0.39 is 18.1 Å². The highest BCUT2D eigenvalue weighted by Gasteiger charge is 2.27. The largest absolute Gasteiger partial charge is 0.367 e. The Kier molecular flexibility index (Phi) is 3.24. The summed E-state index contributed by atoms with van der Waals surface area (Å²) in [5, 5.41) is 9.84. The van der Waals surface area contributed by atoms with E-state index in [-0.39, 0.29) is 12.3 Å². The molecule has 0 aromatic rings. The van der Waals surface area contributed by atoms with Crippen molar-refractivity contribution in [2.75, 3.05) is 0 Å². The monoisotopic (exact) mass is 199 g/mol. The maximum Gasteiger partial charge on any atom is 0.332 e. The first kappa shape index (κ1) is 10.7. The van der Waals surface area contributed by atoms with E-state index in [4.69, 9.17) is 0 Å². The molecule has 78 valence electrons. The first-order valence-corrected chi connectivity index (χ1v) is 4.41. The highest BCUT2D eigenvalue weighted by molar-refractivity contribution is 5.90. The molecule has 0 fully saturated rings. The highest BCUT2D eigenvalue weighted by atomic mass is 16.7. The number of rotatable bonds is 3. The Hall–Kier alpha value is -1.36. The first-order valence-electron chi connectivity index (χ1n) is 4.41. The molecule has 1 aliphatic rings. The van der Waals surface area contributed by atoms with Gasteiger partial charge in [-0.1, -0.05) is 13.8 Å². The number of aliphatic hydroxyl groups excluding tert-OH is 1. The number of hydrogen-bond donors (Lipinski definition) is 1. The van der Waals surface area contributed by atoms with Crippen LogP contribution >= 0.6 is 0 Å². The van der Waals surface area contributed by atoms with E-state index in [0.29, 0.717) is 5.06 Å². The predicted octanol–water partition coefficient (Wildman–Crippen LogP) is 0.208. The lowest BCUT2D eigenvalue weighted by Crippen LogP contribution is -2.36. The van der Waals surface area contributed by atoms with Crippen LogP contribution in [0.2, 0.25) is 0 Å². The van der Waals surface area contributed by atoms with Gasteiger partial charge >= 0.3 is 5.97 Å². The quantitative estimate of drug-likeness (QED) is 0.705. The lowest BCUT2D eigenvalue weighted by atomic mass is 10.1. The summed E-state index contributed by atoms with van der Waals surface area (Å²) in [7, 11) is 0. The molecule has 0 bridgehead atoms. The van der Waals surface area contributed by atoms with Crippen molar-refractivity contribution in [3.05, 3.63) is 12.2 Å². The third-order valence-electron chi connectivity index (χ3n) is 1.64. The molecule has 1 rings (SSSR count). The van der Waals surface area contributed by atoms with Crippen molar-refractivity contribution in [1.82, 2.24) is 5.06 Å². The predicted molar refractivity (Wildman–Crippen MR) is 47.5 cm³/mol. The molecule has 0 aromatic carbocycles. The van der Waals surface area contributed by atoms with Crippen LogP contribution in [0, 0.1) is 5.92 Å². The Morgan fingerprint density at radius 2 is 2.36 bits per heavy atom. The van der Waals surface area contributed by atoms with Crippen LogP contribution in [0.1, 0.15) is 20.3 Å². The average Bonchev–Trinajstić information content (AvgIpc) is 2.34. The molecule has 1 amide bonds. The van der Waals surface area contributed by atoms with Crippen LogP contribution in [0.5, 0.6) is 0 Å². The molecule has 0 radical (unpaired) electrons. The van der Waals surface area contributed by atoms with Crippen molar-refractivity contribution in [1.29, 1.82) is 0 Å². The van der Waals surface area contributed by atoms with Gasteiger partial charge < -0.3 is 9.94 Å². The molecule has 0 saturated carbocycles. The molecule has 0 aromatic heterocycles. The fraction of sp³-hybridized carbons (Fsp3) is 0.556. The van der Waals surface area contributed by atoms with Gasteiger partial charge in [-0.3, -0.25) is 4.79 Å². The fourth-order valence-corrected chi connectivity index (χ4v) is 1.03. The van der Waals surface area contributed by atoms with Gasteiger partial charge in [-0.05, 0) is 12.0 Å². The smallest absolute Gasteiger partial charge is 0.332 e. The van der Waals surface area contributed by atoms with E-state index in [1.165, 1.54) is 6.08 Å². The van der Waals surface area contributed by atoms with Crippen molar-refractivity contribution in [3.63, 3.8) is 0 Å². The minimum Gasteiger partial charge on any atom is -0.367 e. The number of nitrogens with zero attached hydrogens (tertiary/aromatic N) is 1. The Balaban J connectivity index is 2.45. The summed E-state index contributed by atoms with van der Waals surface area (Å²) < 4.78 is 0. The lowest BCUT2D eigenvalue weighted by molar-refractivity contribution is -0.217. The van der Waals surface area contributed by atoms with Gasteiger partial charge in [-0.25, -0.2) is 4.79 Å². The minimum absolute atomic E-state index is 0.158. The number of carbonyl (C=O) groups excluding carboxylic acids is 2. The van der Waals surface area contributed by atoms with Gasteiger partial charge in [0.25, 0.3) is 5.91 Å². The van der Waals surface area contributed by atoms with Crippen molar-refractivity contribution < 1.29 is 19.5 Å². The van der Waals surface area contributed by atoms with Gasteiger partial charge in [0.15, 0.2) is 6.23 Å². The summed E-state index contributed by atoms with van der Waals surface area (Å²) in [4.78, 5) is 26.8. The van der Waals surface area contributed by atoms with Gasteiger partial charge in [0.2, 0.25) is 0 Å². The number of hydroxylamine groups is 2. The van der Waals surface area contributed by atoms with Gasteiger partial charge in [0, 0.05) is 6.08 Å². The zero-order valence-corrected chi connectivity index (χ0v) is 8.14. The van der Waals surface area contributed by atoms with Crippen LogP contribution in [0.3, 0.4) is 0 Å². The summed E-state index contributed by atoms with van der Waals surface area (Å²) in [5.74, 6) is -0.879. The molecule has 1 atom stereocenters. The second-order valence-electron chi connectivity index (χ2n) is 3.50. The first-order chi connectivity index (χ1) is 6.50. The Morgan fingerprint density at radius 1 is 1.71 bits per heavy atom. The van der Waals surface area contributed by atoms with E-state index in [9.17, 15) is 14.7 Å². The second kappa shape index (κ2) is 4.23. The zero-order chi connectivity index (χ0) is 10.7. The third-order valence-corrected chi connectivity index (χ3v) is 1.64. The van der Waals surface area contributed by atoms with Crippen molar-refractivity contribution in [2.24, 2.45) is 5.92 Å². The molecule has 1 heterocycles. The fourth-order valence-electron chi connectivity index (χ4n) is 1.03. The van der Waals surface area contributed by atoms with Crippen LogP contribution in [-0.4, -0.2) is 28.3 Å². The van der Waals surface area contributed by atoms with Crippen molar-refractivity contribution in [2.45, 2.75) is 26.5 Å². The lowest BCUT2D eigenvalue weighted by Gasteiger charge is -2.18. The maximum atomic E-state index is 11.1. The minimum atomic E-state index is -1.15. The topological polar surface area (TPSA) is 66.8 Å². The Morgan fingerprint density at radius 3 is 2.79 bits per heavy atom. The van der Waals surface area contributed by atoms with Gasteiger partial charge in [0.1, 0.15) is 0 Å². The van der Waals surface area contributed by atoms with Crippen LogP contribution < -0.4 is 0 Å². The molecule has 1 unspecified atom stereocenters. The zero-order valence-electron chi connectivity index (χ0n) is 8.14. The molecule has 5 heteroatoms. The molecule has 0 saturated heterocycles. The molecule has 0 spiro atoms.